The summed E-state index contributed by atoms with van der Waals surface area (Å²) in [5.74, 6) is 1.03. The lowest BCUT2D eigenvalue weighted by atomic mass is 9.94. The largest absolute Gasteiger partial charge is 0.377 e. The van der Waals surface area contributed by atoms with E-state index >= 15 is 0 Å². The zero-order valence-electron chi connectivity index (χ0n) is 13.7. The van der Waals surface area contributed by atoms with E-state index in [2.05, 4.69) is 9.97 Å². The number of nitrogens with zero attached hydrogens (tertiary/aromatic N) is 3. The lowest BCUT2D eigenvalue weighted by Crippen LogP contribution is -2.49. The number of carbonyl (C=O) groups excluding carboxylic acids is 2. The summed E-state index contributed by atoms with van der Waals surface area (Å²) in [6.45, 7) is 6.50. The van der Waals surface area contributed by atoms with Crippen molar-refractivity contribution in [3.63, 3.8) is 0 Å². The van der Waals surface area contributed by atoms with Gasteiger partial charge in [-0.1, -0.05) is 0 Å². The van der Waals surface area contributed by atoms with Crippen molar-refractivity contribution in [1.82, 2.24) is 19.8 Å². The Labute approximate surface area is 136 Å². The van der Waals surface area contributed by atoms with Crippen molar-refractivity contribution in [3.8, 4) is 0 Å². The number of rotatable bonds is 2. The summed E-state index contributed by atoms with van der Waals surface area (Å²) in [6, 6.07) is -0.143. The second-order valence-electron chi connectivity index (χ2n) is 6.35. The molecule has 2 fully saturated rings. The minimum atomic E-state index is -0.143. The fraction of sp³-hybridized carbons (Fsp3) is 0.688. The third kappa shape index (κ3) is 3.39. The monoisotopic (exact) mass is 320 g/mol. The first-order valence-corrected chi connectivity index (χ1v) is 8.21. The highest BCUT2D eigenvalue weighted by Crippen LogP contribution is 2.27. The minimum Gasteiger partial charge on any atom is -0.377 e. The van der Waals surface area contributed by atoms with Crippen LogP contribution >= 0.6 is 0 Å². The number of carbonyl (C=O) groups is 2. The van der Waals surface area contributed by atoms with Crippen LogP contribution in [-0.2, 0) is 14.3 Å². The fourth-order valence-corrected chi connectivity index (χ4v) is 3.37. The van der Waals surface area contributed by atoms with Gasteiger partial charge in [0.05, 0.1) is 13.2 Å². The standard InChI is InChI=1S/C16H24N4O3/c1-11-9-17-15(18-11)14-10-23-8-7-20(14)16(22)13-3-5-19(6-4-13)12(2)21/h9,13-14H,3-8,10H2,1-2H3,(H,17,18)/t14-/m0/s1. The molecule has 0 bridgehead atoms. The normalized spacial score (nSPS) is 23.1. The van der Waals surface area contributed by atoms with Crippen molar-refractivity contribution < 1.29 is 14.3 Å². The number of ether oxygens (including phenoxy) is 1. The van der Waals surface area contributed by atoms with Gasteiger partial charge in [-0.15, -0.1) is 0 Å². The van der Waals surface area contributed by atoms with Crippen LogP contribution in [0.25, 0.3) is 0 Å². The second-order valence-corrected chi connectivity index (χ2v) is 6.35. The Balaban J connectivity index is 1.68. The van der Waals surface area contributed by atoms with E-state index in [1.54, 1.807) is 13.1 Å². The molecule has 1 aromatic rings. The topological polar surface area (TPSA) is 78.5 Å². The maximum Gasteiger partial charge on any atom is 0.226 e. The average Bonchev–Trinajstić information content (AvgIpc) is 3.00. The molecular weight excluding hydrogens is 296 g/mol. The van der Waals surface area contributed by atoms with Crippen LogP contribution in [0.5, 0.6) is 0 Å². The number of likely N-dealkylation sites (tertiary alicyclic amines) is 1. The molecule has 2 saturated heterocycles. The number of aromatic nitrogens is 2. The maximum atomic E-state index is 12.9. The number of nitrogens with one attached hydrogen (secondary N) is 1. The van der Waals surface area contributed by atoms with E-state index in [0.717, 1.165) is 24.4 Å². The van der Waals surface area contributed by atoms with Gasteiger partial charge in [0, 0.05) is 44.4 Å². The van der Waals surface area contributed by atoms with E-state index in [4.69, 9.17) is 4.74 Å². The molecule has 1 N–H and O–H groups in total. The van der Waals surface area contributed by atoms with Crippen molar-refractivity contribution in [2.45, 2.75) is 32.7 Å². The quantitative estimate of drug-likeness (QED) is 0.877. The van der Waals surface area contributed by atoms with Crippen molar-refractivity contribution in [1.29, 1.82) is 0 Å². The third-order valence-electron chi connectivity index (χ3n) is 4.74. The molecule has 2 amide bonds. The van der Waals surface area contributed by atoms with Crippen LogP contribution in [0.3, 0.4) is 0 Å². The molecule has 0 aliphatic carbocycles. The van der Waals surface area contributed by atoms with Crippen molar-refractivity contribution in [3.05, 3.63) is 17.7 Å². The van der Waals surface area contributed by atoms with Crippen LogP contribution in [-0.4, -0.2) is 64.4 Å². The molecule has 0 radical (unpaired) electrons. The highest BCUT2D eigenvalue weighted by atomic mass is 16.5. The molecule has 3 heterocycles. The van der Waals surface area contributed by atoms with Gasteiger partial charge < -0.3 is 19.5 Å². The molecule has 1 aromatic heterocycles. The predicted octanol–water partition coefficient (Wildman–Crippen LogP) is 0.877. The van der Waals surface area contributed by atoms with Gasteiger partial charge in [0.1, 0.15) is 11.9 Å². The first-order valence-electron chi connectivity index (χ1n) is 8.21. The van der Waals surface area contributed by atoms with Crippen molar-refractivity contribution in [2.75, 3.05) is 32.8 Å². The lowest BCUT2D eigenvalue weighted by molar-refractivity contribution is -0.148. The highest BCUT2D eigenvalue weighted by Gasteiger charge is 2.35. The molecular formula is C16H24N4O3. The van der Waals surface area contributed by atoms with Crippen LogP contribution in [0.4, 0.5) is 0 Å². The molecule has 2 aliphatic rings. The van der Waals surface area contributed by atoms with Gasteiger partial charge in [-0.25, -0.2) is 4.98 Å². The van der Waals surface area contributed by atoms with Gasteiger partial charge in [-0.05, 0) is 19.8 Å². The average molecular weight is 320 g/mol. The van der Waals surface area contributed by atoms with Crippen LogP contribution in [0.1, 0.15) is 37.3 Å². The summed E-state index contributed by atoms with van der Waals surface area (Å²) in [5.41, 5.74) is 0.979. The molecule has 7 nitrogen and oxygen atoms in total. The number of amides is 2. The summed E-state index contributed by atoms with van der Waals surface area (Å²) in [7, 11) is 0. The third-order valence-corrected chi connectivity index (χ3v) is 4.74. The number of H-pyrrole nitrogens is 1. The summed E-state index contributed by atoms with van der Waals surface area (Å²) in [4.78, 5) is 35.7. The molecule has 126 valence electrons. The Morgan fingerprint density at radius 3 is 2.65 bits per heavy atom. The predicted molar refractivity (Wildman–Crippen MR) is 83.6 cm³/mol. The molecule has 0 aromatic carbocycles. The SMILES string of the molecule is CC(=O)N1CCC(C(=O)N2CCOC[C@H]2c2ncc(C)[nH]2)CC1. The molecule has 7 heteroatoms. The number of piperidine rings is 1. The number of aromatic amines is 1. The maximum absolute atomic E-state index is 12.9. The molecule has 0 spiro atoms. The molecule has 3 rings (SSSR count). The number of imidazole rings is 1. The van der Waals surface area contributed by atoms with E-state index < -0.39 is 0 Å². The number of hydrogen-bond donors (Lipinski definition) is 1. The highest BCUT2D eigenvalue weighted by molar-refractivity contribution is 5.80. The Morgan fingerprint density at radius 2 is 2.04 bits per heavy atom. The zero-order valence-corrected chi connectivity index (χ0v) is 13.7. The first-order chi connectivity index (χ1) is 11.1. The summed E-state index contributed by atoms with van der Waals surface area (Å²) in [6.07, 6.45) is 3.25. The molecule has 0 saturated carbocycles. The van der Waals surface area contributed by atoms with Gasteiger partial charge in [0.15, 0.2) is 0 Å². The second kappa shape index (κ2) is 6.70. The summed E-state index contributed by atoms with van der Waals surface area (Å²) < 4.78 is 5.56. The molecule has 1 atom stereocenters. The smallest absolute Gasteiger partial charge is 0.226 e. The first kappa shape index (κ1) is 16.0. The van der Waals surface area contributed by atoms with Crippen molar-refractivity contribution >= 4 is 11.8 Å². The zero-order chi connectivity index (χ0) is 16.4. The Bertz CT molecular complexity index is 578. The fourth-order valence-electron chi connectivity index (χ4n) is 3.37. The van der Waals surface area contributed by atoms with Gasteiger partial charge in [0.25, 0.3) is 0 Å². The molecule has 23 heavy (non-hydrogen) atoms. The Hall–Kier alpha value is -1.89. The van der Waals surface area contributed by atoms with Gasteiger partial charge in [-0.3, -0.25) is 9.59 Å². The van der Waals surface area contributed by atoms with E-state index in [1.165, 1.54) is 0 Å². The number of morpholine rings is 1. The van der Waals surface area contributed by atoms with Crippen LogP contribution in [0.15, 0.2) is 6.20 Å². The minimum absolute atomic E-state index is 0.0118. The number of aryl methyl sites for hydroxylation is 1. The van der Waals surface area contributed by atoms with E-state index in [9.17, 15) is 9.59 Å². The Kier molecular flexibility index (Phi) is 4.66. The number of hydrogen-bond acceptors (Lipinski definition) is 4. The van der Waals surface area contributed by atoms with E-state index in [-0.39, 0.29) is 23.8 Å². The summed E-state index contributed by atoms with van der Waals surface area (Å²) >= 11 is 0. The van der Waals surface area contributed by atoms with Crippen molar-refractivity contribution in [2.24, 2.45) is 5.92 Å². The molecule has 2 aliphatic heterocycles. The van der Waals surface area contributed by atoms with Crippen LogP contribution < -0.4 is 0 Å². The van der Waals surface area contributed by atoms with Gasteiger partial charge in [0.2, 0.25) is 11.8 Å². The van der Waals surface area contributed by atoms with Gasteiger partial charge in [-0.2, -0.15) is 0 Å². The van der Waals surface area contributed by atoms with Gasteiger partial charge >= 0.3 is 0 Å². The summed E-state index contributed by atoms with van der Waals surface area (Å²) in [5, 5.41) is 0. The van der Waals surface area contributed by atoms with E-state index in [1.807, 2.05) is 16.7 Å². The lowest BCUT2D eigenvalue weighted by Gasteiger charge is -2.39. The van der Waals surface area contributed by atoms with Crippen LogP contribution in [0, 0.1) is 12.8 Å². The van der Waals surface area contributed by atoms with E-state index in [0.29, 0.717) is 32.8 Å². The molecule has 0 unspecified atom stereocenters. The van der Waals surface area contributed by atoms with Crippen LogP contribution in [0.2, 0.25) is 0 Å². The Morgan fingerprint density at radius 1 is 1.30 bits per heavy atom.